The highest BCUT2D eigenvalue weighted by Gasteiger charge is 2.47. The van der Waals surface area contributed by atoms with Crippen molar-refractivity contribution in [2.75, 3.05) is 7.11 Å². The summed E-state index contributed by atoms with van der Waals surface area (Å²) in [6.07, 6.45) is 1.85. The first-order valence-corrected chi connectivity index (χ1v) is 10.1. The SMILES string of the molecule is COc1ccc(/C=[N+]2\NC(=O)[C@@H](NC(=O)c3cccc(C)c3)[C@H]2c2ccccc2)cc1. The van der Waals surface area contributed by atoms with Crippen LogP contribution in [0.2, 0.25) is 0 Å². The maximum Gasteiger partial charge on any atom is 0.304 e. The first-order chi connectivity index (χ1) is 15.0. The van der Waals surface area contributed by atoms with Crippen molar-refractivity contribution in [1.82, 2.24) is 10.7 Å². The van der Waals surface area contributed by atoms with Crippen LogP contribution < -0.4 is 15.5 Å². The molecule has 0 aromatic heterocycles. The second kappa shape index (κ2) is 8.83. The number of nitrogens with zero attached hydrogens (tertiary/aromatic N) is 1. The average Bonchev–Trinajstić information content (AvgIpc) is 3.09. The first-order valence-electron chi connectivity index (χ1n) is 10.1. The number of nitrogens with one attached hydrogen (secondary N) is 2. The zero-order valence-electron chi connectivity index (χ0n) is 17.4. The van der Waals surface area contributed by atoms with E-state index in [2.05, 4.69) is 10.7 Å². The Labute approximate surface area is 181 Å². The molecule has 3 aromatic rings. The van der Waals surface area contributed by atoms with Crippen molar-refractivity contribution < 1.29 is 19.0 Å². The number of hydrogen-bond acceptors (Lipinski definition) is 3. The summed E-state index contributed by atoms with van der Waals surface area (Å²) in [6, 6.07) is 23.4. The van der Waals surface area contributed by atoms with Gasteiger partial charge in [0.15, 0.2) is 6.04 Å². The molecule has 2 atom stereocenters. The third kappa shape index (κ3) is 4.48. The van der Waals surface area contributed by atoms with E-state index in [1.54, 1.807) is 23.9 Å². The van der Waals surface area contributed by atoms with Crippen LogP contribution >= 0.6 is 0 Å². The molecule has 2 N–H and O–H groups in total. The number of amides is 2. The van der Waals surface area contributed by atoms with Crippen LogP contribution in [0, 0.1) is 6.92 Å². The van der Waals surface area contributed by atoms with Gasteiger partial charge >= 0.3 is 5.91 Å². The number of ether oxygens (including phenoxy) is 1. The molecule has 4 rings (SSSR count). The van der Waals surface area contributed by atoms with Crippen molar-refractivity contribution in [1.29, 1.82) is 0 Å². The van der Waals surface area contributed by atoms with Crippen LogP contribution in [0.25, 0.3) is 0 Å². The zero-order chi connectivity index (χ0) is 21.8. The molecular weight excluding hydrogens is 390 g/mol. The molecule has 1 aliphatic rings. The Balaban J connectivity index is 1.67. The Morgan fingerprint density at radius 2 is 1.77 bits per heavy atom. The van der Waals surface area contributed by atoms with Gasteiger partial charge in [-0.05, 0) is 43.3 Å². The molecule has 1 saturated heterocycles. The second-order valence-electron chi connectivity index (χ2n) is 7.46. The number of hydrazone groups is 1. The smallest absolute Gasteiger partial charge is 0.304 e. The fourth-order valence-electron chi connectivity index (χ4n) is 3.69. The first kappa shape index (κ1) is 20.3. The van der Waals surface area contributed by atoms with E-state index in [0.29, 0.717) is 5.56 Å². The van der Waals surface area contributed by atoms with Gasteiger partial charge in [-0.25, -0.2) is 0 Å². The molecule has 1 aliphatic heterocycles. The molecule has 156 valence electrons. The zero-order valence-corrected chi connectivity index (χ0v) is 17.4. The van der Waals surface area contributed by atoms with Gasteiger partial charge in [-0.15, -0.1) is 10.1 Å². The van der Waals surface area contributed by atoms with E-state index in [9.17, 15) is 9.59 Å². The minimum absolute atomic E-state index is 0.264. The number of carbonyl (C=O) groups excluding carboxylic acids is 2. The molecule has 2 amide bonds. The lowest BCUT2D eigenvalue weighted by Crippen LogP contribution is -2.42. The molecule has 0 bridgehead atoms. The van der Waals surface area contributed by atoms with Crippen LogP contribution in [-0.2, 0) is 4.79 Å². The van der Waals surface area contributed by atoms with E-state index in [0.717, 1.165) is 22.4 Å². The lowest BCUT2D eigenvalue weighted by atomic mass is 9.99. The number of hydrogen-bond donors (Lipinski definition) is 2. The number of carbonyl (C=O) groups is 2. The summed E-state index contributed by atoms with van der Waals surface area (Å²) in [5.41, 5.74) is 6.21. The lowest BCUT2D eigenvalue weighted by molar-refractivity contribution is -0.596. The number of aryl methyl sites for hydroxylation is 1. The quantitative estimate of drug-likeness (QED) is 0.631. The highest BCUT2D eigenvalue weighted by atomic mass is 16.5. The fourth-order valence-corrected chi connectivity index (χ4v) is 3.69. The molecule has 6 heteroatoms. The van der Waals surface area contributed by atoms with Crippen LogP contribution in [0.4, 0.5) is 0 Å². The van der Waals surface area contributed by atoms with E-state index < -0.39 is 12.1 Å². The summed E-state index contributed by atoms with van der Waals surface area (Å²) in [5, 5.41) is 2.92. The Hall–Kier alpha value is -3.93. The van der Waals surface area contributed by atoms with Crippen molar-refractivity contribution in [3.63, 3.8) is 0 Å². The largest absolute Gasteiger partial charge is 0.497 e. The van der Waals surface area contributed by atoms with Gasteiger partial charge in [-0.3, -0.25) is 9.59 Å². The number of benzene rings is 3. The molecule has 3 aromatic carbocycles. The van der Waals surface area contributed by atoms with Gasteiger partial charge in [-0.1, -0.05) is 48.0 Å². The maximum atomic E-state index is 12.9. The Morgan fingerprint density at radius 1 is 1.03 bits per heavy atom. The van der Waals surface area contributed by atoms with E-state index in [4.69, 9.17) is 4.74 Å². The van der Waals surface area contributed by atoms with Crippen LogP contribution in [-0.4, -0.2) is 35.9 Å². The number of methoxy groups -OCH3 is 1. The molecular formula is C25H24N3O3+. The number of hydrazine groups is 1. The van der Waals surface area contributed by atoms with E-state index in [1.807, 2.05) is 79.9 Å². The molecule has 0 radical (unpaired) electrons. The third-order valence-electron chi connectivity index (χ3n) is 5.25. The lowest BCUT2D eigenvalue weighted by Gasteiger charge is -2.15. The summed E-state index contributed by atoms with van der Waals surface area (Å²) in [7, 11) is 1.62. The fraction of sp³-hybridized carbons (Fsp3) is 0.160. The van der Waals surface area contributed by atoms with Crippen LogP contribution in [0.15, 0.2) is 78.9 Å². The average molecular weight is 414 g/mol. The van der Waals surface area contributed by atoms with Gasteiger partial charge in [0, 0.05) is 16.7 Å². The predicted molar refractivity (Wildman–Crippen MR) is 118 cm³/mol. The monoisotopic (exact) mass is 414 g/mol. The van der Waals surface area contributed by atoms with Crippen molar-refractivity contribution in [3.05, 3.63) is 101 Å². The molecule has 0 aliphatic carbocycles. The summed E-state index contributed by atoms with van der Waals surface area (Å²) in [4.78, 5) is 25.8. The molecule has 1 fully saturated rings. The minimum Gasteiger partial charge on any atom is -0.497 e. The highest BCUT2D eigenvalue weighted by molar-refractivity contribution is 5.98. The van der Waals surface area contributed by atoms with Crippen molar-refractivity contribution in [2.24, 2.45) is 0 Å². The predicted octanol–water partition coefficient (Wildman–Crippen LogP) is 3.02. The van der Waals surface area contributed by atoms with Gasteiger partial charge in [0.2, 0.25) is 12.3 Å². The minimum atomic E-state index is -0.745. The normalized spacial score (nSPS) is 19.2. The summed E-state index contributed by atoms with van der Waals surface area (Å²) in [5.74, 6) is 0.209. The summed E-state index contributed by atoms with van der Waals surface area (Å²) >= 11 is 0. The highest BCUT2D eigenvalue weighted by Crippen LogP contribution is 2.25. The number of rotatable bonds is 5. The van der Waals surface area contributed by atoms with Gasteiger partial charge in [0.1, 0.15) is 5.75 Å². The molecule has 0 spiro atoms. The van der Waals surface area contributed by atoms with Crippen LogP contribution in [0.3, 0.4) is 0 Å². The van der Waals surface area contributed by atoms with E-state index in [-0.39, 0.29) is 11.8 Å². The van der Waals surface area contributed by atoms with Crippen molar-refractivity contribution in [2.45, 2.75) is 19.0 Å². The van der Waals surface area contributed by atoms with Crippen molar-refractivity contribution >= 4 is 18.0 Å². The Morgan fingerprint density at radius 3 is 2.45 bits per heavy atom. The molecule has 0 unspecified atom stereocenters. The molecule has 1 heterocycles. The van der Waals surface area contributed by atoms with E-state index in [1.165, 1.54) is 0 Å². The summed E-state index contributed by atoms with van der Waals surface area (Å²) in [6.45, 7) is 1.93. The Kier molecular flexibility index (Phi) is 5.80. The molecule has 31 heavy (non-hydrogen) atoms. The maximum absolute atomic E-state index is 12.9. The Bertz CT molecular complexity index is 1120. The van der Waals surface area contributed by atoms with Crippen LogP contribution in [0.1, 0.15) is 33.1 Å². The van der Waals surface area contributed by atoms with E-state index >= 15 is 0 Å². The second-order valence-corrected chi connectivity index (χ2v) is 7.46. The van der Waals surface area contributed by atoms with Gasteiger partial charge in [0.05, 0.1) is 7.11 Å². The van der Waals surface area contributed by atoms with Gasteiger partial charge in [0.25, 0.3) is 5.91 Å². The van der Waals surface area contributed by atoms with Crippen molar-refractivity contribution in [3.8, 4) is 5.75 Å². The molecule has 6 nitrogen and oxygen atoms in total. The summed E-state index contributed by atoms with van der Waals surface area (Å²) < 4.78 is 6.96. The molecule has 0 saturated carbocycles. The third-order valence-corrected chi connectivity index (χ3v) is 5.25. The standard InChI is InChI=1S/C25H23N3O3/c1-17-7-6-10-20(15-17)24(29)26-22-23(19-8-4-3-5-9-19)28(27-25(22)30)16-18-11-13-21(31-2)14-12-18/h3-16,22-23H,1-2H3,(H-,26,27,29,30)/p+1/b28-16-/t22-,23+/m0/s1. The van der Waals surface area contributed by atoms with Gasteiger partial charge < -0.3 is 10.1 Å². The van der Waals surface area contributed by atoms with Gasteiger partial charge in [-0.2, -0.15) is 0 Å². The van der Waals surface area contributed by atoms with Crippen LogP contribution in [0.5, 0.6) is 5.75 Å². The topological polar surface area (TPSA) is 70.4 Å².